The van der Waals surface area contributed by atoms with E-state index in [0.717, 1.165) is 31.2 Å². The highest BCUT2D eigenvalue weighted by Gasteiger charge is 2.46. The van der Waals surface area contributed by atoms with E-state index in [-0.39, 0.29) is 17.0 Å². The minimum absolute atomic E-state index is 0.126. The standard InChI is InChI=1S/C21H28O3/c1-4-15-10-14(3)11-16(5-2)19(15)20-17(22)12-21(13-18(20)23)6-8-24-9-7-21/h10-11,20H,4-9,12-13H2,1-3H3. The number of carbonyl (C=O) groups is 2. The van der Waals surface area contributed by atoms with E-state index >= 15 is 0 Å². The van der Waals surface area contributed by atoms with E-state index in [0.29, 0.717) is 26.1 Å². The number of aryl methyl sites for hydroxylation is 3. The molecule has 1 saturated heterocycles. The summed E-state index contributed by atoms with van der Waals surface area (Å²) in [5.41, 5.74) is 4.43. The fourth-order valence-corrected chi connectivity index (χ4v) is 4.57. The number of ketones is 2. The van der Waals surface area contributed by atoms with Gasteiger partial charge in [0.15, 0.2) is 0 Å². The predicted octanol–water partition coefficient (Wildman–Crippen LogP) is 3.93. The molecule has 2 aliphatic rings. The number of ether oxygens (including phenoxy) is 1. The van der Waals surface area contributed by atoms with Crippen molar-refractivity contribution in [2.24, 2.45) is 5.41 Å². The molecule has 1 aliphatic carbocycles. The minimum atomic E-state index is -0.538. The maximum absolute atomic E-state index is 13.0. The SMILES string of the molecule is CCc1cc(C)cc(CC)c1C1C(=O)CC2(CCOCC2)CC1=O. The summed E-state index contributed by atoms with van der Waals surface area (Å²) in [5.74, 6) is -0.285. The van der Waals surface area contributed by atoms with Crippen LogP contribution >= 0.6 is 0 Å². The first-order chi connectivity index (χ1) is 11.5. The molecule has 3 nitrogen and oxygen atoms in total. The summed E-state index contributed by atoms with van der Waals surface area (Å²) in [5, 5.41) is 0. The molecule has 130 valence electrons. The Bertz CT molecular complexity index is 608. The van der Waals surface area contributed by atoms with Crippen molar-refractivity contribution in [2.75, 3.05) is 13.2 Å². The molecule has 0 unspecified atom stereocenters. The second kappa shape index (κ2) is 6.79. The summed E-state index contributed by atoms with van der Waals surface area (Å²) >= 11 is 0. The van der Waals surface area contributed by atoms with Crippen LogP contribution in [-0.2, 0) is 27.2 Å². The van der Waals surface area contributed by atoms with Gasteiger partial charge in [0.2, 0.25) is 0 Å². The third-order valence-electron chi connectivity index (χ3n) is 5.84. The lowest BCUT2D eigenvalue weighted by Crippen LogP contribution is -2.43. The molecule has 1 saturated carbocycles. The molecular weight excluding hydrogens is 300 g/mol. The first kappa shape index (κ1) is 17.3. The van der Waals surface area contributed by atoms with Gasteiger partial charge in [0.05, 0.1) is 0 Å². The highest BCUT2D eigenvalue weighted by molar-refractivity contribution is 6.10. The van der Waals surface area contributed by atoms with Gasteiger partial charge in [-0.1, -0.05) is 31.5 Å². The molecule has 0 atom stereocenters. The van der Waals surface area contributed by atoms with Crippen molar-refractivity contribution in [3.63, 3.8) is 0 Å². The normalized spacial score (nSPS) is 21.5. The Morgan fingerprint density at radius 3 is 1.96 bits per heavy atom. The third-order valence-corrected chi connectivity index (χ3v) is 5.84. The van der Waals surface area contributed by atoms with Crippen LogP contribution in [0.4, 0.5) is 0 Å². The topological polar surface area (TPSA) is 43.4 Å². The Labute approximate surface area is 144 Å². The molecule has 0 amide bonds. The average molecular weight is 328 g/mol. The molecule has 3 rings (SSSR count). The van der Waals surface area contributed by atoms with Crippen LogP contribution in [0, 0.1) is 12.3 Å². The van der Waals surface area contributed by atoms with Crippen LogP contribution in [0.3, 0.4) is 0 Å². The van der Waals surface area contributed by atoms with E-state index in [9.17, 15) is 9.59 Å². The summed E-state index contributed by atoms with van der Waals surface area (Å²) in [7, 11) is 0. The summed E-state index contributed by atoms with van der Waals surface area (Å²) in [6.45, 7) is 7.65. The van der Waals surface area contributed by atoms with Crippen LogP contribution in [-0.4, -0.2) is 24.8 Å². The Hall–Kier alpha value is -1.48. The van der Waals surface area contributed by atoms with Crippen LogP contribution in [0.2, 0.25) is 0 Å². The fraction of sp³-hybridized carbons (Fsp3) is 0.619. The van der Waals surface area contributed by atoms with Crippen LogP contribution in [0.25, 0.3) is 0 Å². The third kappa shape index (κ3) is 3.06. The van der Waals surface area contributed by atoms with Crippen molar-refractivity contribution in [3.05, 3.63) is 34.4 Å². The van der Waals surface area contributed by atoms with E-state index in [4.69, 9.17) is 4.74 Å². The van der Waals surface area contributed by atoms with E-state index in [1.165, 1.54) is 16.7 Å². The van der Waals surface area contributed by atoms with Gasteiger partial charge >= 0.3 is 0 Å². The minimum Gasteiger partial charge on any atom is -0.381 e. The van der Waals surface area contributed by atoms with Crippen molar-refractivity contribution >= 4 is 11.6 Å². The van der Waals surface area contributed by atoms with E-state index in [1.807, 2.05) is 0 Å². The van der Waals surface area contributed by atoms with Crippen molar-refractivity contribution < 1.29 is 14.3 Å². The Kier molecular flexibility index (Phi) is 4.91. The summed E-state index contributed by atoms with van der Waals surface area (Å²) in [4.78, 5) is 26.1. The zero-order chi connectivity index (χ0) is 17.3. The van der Waals surface area contributed by atoms with E-state index in [2.05, 4.69) is 32.9 Å². The molecule has 24 heavy (non-hydrogen) atoms. The first-order valence-corrected chi connectivity index (χ1v) is 9.25. The zero-order valence-corrected chi connectivity index (χ0v) is 15.1. The highest BCUT2D eigenvalue weighted by Crippen LogP contribution is 2.46. The maximum atomic E-state index is 13.0. The number of benzene rings is 1. The van der Waals surface area contributed by atoms with Crippen LogP contribution < -0.4 is 0 Å². The van der Waals surface area contributed by atoms with Gasteiger partial charge in [-0.25, -0.2) is 0 Å². The fourth-order valence-electron chi connectivity index (χ4n) is 4.57. The molecule has 0 N–H and O–H groups in total. The molecule has 1 aliphatic heterocycles. The summed E-state index contributed by atoms with van der Waals surface area (Å²) in [6, 6.07) is 4.29. The molecule has 0 bridgehead atoms. The second-order valence-corrected chi connectivity index (χ2v) is 7.54. The lowest BCUT2D eigenvalue weighted by atomic mass is 9.63. The Balaban J connectivity index is 1.99. The average Bonchev–Trinajstić information content (AvgIpc) is 2.55. The molecule has 0 radical (unpaired) electrons. The Morgan fingerprint density at radius 1 is 1.00 bits per heavy atom. The maximum Gasteiger partial charge on any atom is 0.148 e. The largest absolute Gasteiger partial charge is 0.381 e. The Morgan fingerprint density at radius 2 is 1.50 bits per heavy atom. The van der Waals surface area contributed by atoms with Crippen molar-refractivity contribution in [2.45, 2.75) is 65.2 Å². The zero-order valence-electron chi connectivity index (χ0n) is 15.1. The predicted molar refractivity (Wildman–Crippen MR) is 94.4 cm³/mol. The van der Waals surface area contributed by atoms with Crippen molar-refractivity contribution in [1.29, 1.82) is 0 Å². The molecular formula is C21H28O3. The van der Waals surface area contributed by atoms with Gasteiger partial charge in [-0.3, -0.25) is 9.59 Å². The van der Waals surface area contributed by atoms with Crippen LogP contribution in [0.15, 0.2) is 12.1 Å². The van der Waals surface area contributed by atoms with Crippen LogP contribution in [0.1, 0.15) is 67.7 Å². The number of rotatable bonds is 3. The van der Waals surface area contributed by atoms with Gasteiger partial charge in [-0.15, -0.1) is 0 Å². The number of Topliss-reactive ketones (excluding diaryl/α,β-unsaturated/α-hetero) is 2. The van der Waals surface area contributed by atoms with Crippen LogP contribution in [0.5, 0.6) is 0 Å². The lowest BCUT2D eigenvalue weighted by Gasteiger charge is -2.41. The molecule has 3 heteroatoms. The van der Waals surface area contributed by atoms with Gasteiger partial charge in [-0.05, 0) is 54.7 Å². The summed E-state index contributed by atoms with van der Waals surface area (Å²) < 4.78 is 5.44. The first-order valence-electron chi connectivity index (χ1n) is 9.25. The van der Waals surface area contributed by atoms with E-state index < -0.39 is 5.92 Å². The lowest BCUT2D eigenvalue weighted by molar-refractivity contribution is -0.139. The smallest absolute Gasteiger partial charge is 0.148 e. The highest BCUT2D eigenvalue weighted by atomic mass is 16.5. The molecule has 2 fully saturated rings. The quantitative estimate of drug-likeness (QED) is 0.790. The van der Waals surface area contributed by atoms with Gasteiger partial charge in [0, 0.05) is 26.1 Å². The van der Waals surface area contributed by atoms with Gasteiger partial charge < -0.3 is 4.74 Å². The molecule has 0 aromatic heterocycles. The number of hydrogen-bond acceptors (Lipinski definition) is 3. The van der Waals surface area contributed by atoms with Gasteiger partial charge in [0.25, 0.3) is 0 Å². The second-order valence-electron chi connectivity index (χ2n) is 7.54. The van der Waals surface area contributed by atoms with Crippen molar-refractivity contribution in [3.8, 4) is 0 Å². The van der Waals surface area contributed by atoms with E-state index in [1.54, 1.807) is 0 Å². The summed E-state index contributed by atoms with van der Waals surface area (Å²) in [6.07, 6.45) is 4.47. The van der Waals surface area contributed by atoms with Crippen molar-refractivity contribution in [1.82, 2.24) is 0 Å². The molecule has 1 heterocycles. The monoisotopic (exact) mass is 328 g/mol. The van der Waals surface area contributed by atoms with Gasteiger partial charge in [0.1, 0.15) is 17.5 Å². The number of hydrogen-bond donors (Lipinski definition) is 0. The molecule has 1 spiro atoms. The molecule has 1 aromatic rings. The number of carbonyl (C=O) groups excluding carboxylic acids is 2. The molecule has 1 aromatic carbocycles. The van der Waals surface area contributed by atoms with Gasteiger partial charge in [-0.2, -0.15) is 0 Å².